The molecule has 65 valence electrons. The van der Waals surface area contributed by atoms with E-state index in [0.29, 0.717) is 0 Å². The first kappa shape index (κ1) is 10.7. The van der Waals surface area contributed by atoms with E-state index in [-0.39, 0.29) is 12.7 Å². The molecule has 1 atom stereocenters. The molecule has 0 aliphatic carbocycles. The highest BCUT2D eigenvalue weighted by atomic mass is 16.5. The molecule has 0 aromatic heterocycles. The van der Waals surface area contributed by atoms with Gasteiger partial charge in [0.25, 0.3) is 0 Å². The molecule has 0 N–H and O–H groups in total. The Morgan fingerprint density at radius 2 is 2.18 bits per heavy atom. The number of hydrogen-bond donors (Lipinski definition) is 0. The van der Waals surface area contributed by atoms with Crippen LogP contribution in [0.2, 0.25) is 0 Å². The molecule has 0 aromatic carbocycles. The van der Waals surface area contributed by atoms with E-state index in [2.05, 4.69) is 6.58 Å². The van der Waals surface area contributed by atoms with Crippen molar-refractivity contribution in [2.24, 2.45) is 0 Å². The van der Waals surface area contributed by atoms with Crippen LogP contribution in [0.4, 0.5) is 0 Å². The Balaban J connectivity index is 2.95. The van der Waals surface area contributed by atoms with Gasteiger partial charge in [-0.05, 0) is 26.2 Å². The van der Waals surface area contributed by atoms with Crippen LogP contribution in [-0.4, -0.2) is 19.3 Å². The molecule has 2 nitrogen and oxygen atoms in total. The molecule has 2 heteroatoms. The largest absolute Gasteiger partial charge is 0.374 e. The molecule has 1 radical (unpaired) electrons. The Kier molecular flexibility index (Phi) is 7.52. The van der Waals surface area contributed by atoms with Crippen molar-refractivity contribution in [1.29, 1.82) is 0 Å². The molecule has 0 rings (SSSR count). The Morgan fingerprint density at radius 3 is 2.73 bits per heavy atom. The van der Waals surface area contributed by atoms with Crippen LogP contribution in [0.25, 0.3) is 0 Å². The smallest absolute Gasteiger partial charge is 0.0822 e. The second-order valence-electron chi connectivity index (χ2n) is 2.58. The van der Waals surface area contributed by atoms with Gasteiger partial charge in [-0.1, -0.05) is 6.08 Å². The molecule has 0 heterocycles. The van der Waals surface area contributed by atoms with Crippen LogP contribution in [0.5, 0.6) is 0 Å². The Labute approximate surface area is 68.9 Å². The number of hydrogen-bond acceptors (Lipinski definition) is 1. The van der Waals surface area contributed by atoms with E-state index in [1.807, 2.05) is 6.92 Å². The first-order chi connectivity index (χ1) is 5.31. The fourth-order valence-corrected chi connectivity index (χ4v) is 0.718. The zero-order chi connectivity index (χ0) is 8.53. The van der Waals surface area contributed by atoms with E-state index in [1.54, 1.807) is 6.08 Å². The zero-order valence-corrected chi connectivity index (χ0v) is 7.21. The molecule has 1 unspecified atom stereocenters. The second-order valence-corrected chi connectivity index (χ2v) is 2.58. The summed E-state index contributed by atoms with van der Waals surface area (Å²) in [6.07, 6.45) is 4.65. The Hall–Kier alpha value is -0.340. The van der Waals surface area contributed by atoms with E-state index >= 15 is 0 Å². The third-order valence-corrected chi connectivity index (χ3v) is 1.50. The minimum atomic E-state index is 0.0387. The molecule has 11 heavy (non-hydrogen) atoms. The van der Waals surface area contributed by atoms with Gasteiger partial charge in [0.15, 0.2) is 0 Å². The summed E-state index contributed by atoms with van der Waals surface area (Å²) in [7, 11) is 0. The van der Waals surface area contributed by atoms with E-state index in [4.69, 9.17) is 4.74 Å². The molecule has 0 aliphatic heterocycles. The topological polar surface area (TPSA) is 29.1 Å². The molecule has 0 spiro atoms. The zero-order valence-electron chi connectivity index (χ0n) is 7.21. The van der Waals surface area contributed by atoms with Crippen LogP contribution in [0.15, 0.2) is 12.7 Å². The highest BCUT2D eigenvalue weighted by Crippen LogP contribution is 1.98. The van der Waals surface area contributed by atoms with Crippen LogP contribution in [0.3, 0.4) is 0 Å². The van der Waals surface area contributed by atoms with Gasteiger partial charge in [0.2, 0.25) is 0 Å². The molecule has 0 saturated heterocycles. The summed E-state index contributed by atoms with van der Waals surface area (Å²) in [4.78, 5) is 0. The van der Waals surface area contributed by atoms with Crippen LogP contribution in [-0.2, 0) is 9.84 Å². The van der Waals surface area contributed by atoms with Crippen molar-refractivity contribution in [3.63, 3.8) is 0 Å². The Morgan fingerprint density at radius 1 is 1.45 bits per heavy atom. The van der Waals surface area contributed by atoms with Crippen LogP contribution in [0, 0.1) is 0 Å². The lowest BCUT2D eigenvalue weighted by atomic mass is 10.2. The summed E-state index contributed by atoms with van der Waals surface area (Å²) in [6, 6.07) is 0. The van der Waals surface area contributed by atoms with Gasteiger partial charge < -0.3 is 4.74 Å². The standard InChI is InChI=1S/C9H17O2/c1-3-9(2)11-8-6-4-5-7-10/h3,9H,1,4-8H2,2H3. The van der Waals surface area contributed by atoms with Gasteiger partial charge in [0, 0.05) is 6.61 Å². The first-order valence-corrected chi connectivity index (χ1v) is 4.13. The lowest BCUT2D eigenvalue weighted by Gasteiger charge is -2.06. The lowest BCUT2D eigenvalue weighted by Crippen LogP contribution is -2.05. The van der Waals surface area contributed by atoms with Crippen molar-refractivity contribution < 1.29 is 9.84 Å². The molecule has 0 bridgehead atoms. The van der Waals surface area contributed by atoms with E-state index in [0.717, 1.165) is 25.9 Å². The van der Waals surface area contributed by atoms with Crippen molar-refractivity contribution in [3.8, 4) is 0 Å². The summed E-state index contributed by atoms with van der Waals surface area (Å²) in [5.41, 5.74) is 0. The average Bonchev–Trinajstić information content (AvgIpc) is 2.04. The number of rotatable bonds is 7. The monoisotopic (exact) mass is 157 g/mol. The summed E-state index contributed by atoms with van der Waals surface area (Å²) >= 11 is 0. The normalized spacial score (nSPS) is 12.9. The van der Waals surface area contributed by atoms with Gasteiger partial charge in [-0.25, -0.2) is 5.11 Å². The maximum Gasteiger partial charge on any atom is 0.0822 e. The van der Waals surface area contributed by atoms with Gasteiger partial charge in [-0.3, -0.25) is 0 Å². The molecule has 0 amide bonds. The van der Waals surface area contributed by atoms with Gasteiger partial charge in [-0.15, -0.1) is 6.58 Å². The van der Waals surface area contributed by atoms with Gasteiger partial charge in [0.05, 0.1) is 12.7 Å². The predicted octanol–water partition coefficient (Wildman–Crippen LogP) is 2.18. The van der Waals surface area contributed by atoms with Crippen molar-refractivity contribution in [2.45, 2.75) is 32.3 Å². The highest BCUT2D eigenvalue weighted by Gasteiger charge is 1.94. The fraction of sp³-hybridized carbons (Fsp3) is 0.778. The average molecular weight is 157 g/mol. The SMILES string of the molecule is C=CC(C)OCCCCC[O]. The Bertz CT molecular complexity index is 91.6. The third kappa shape index (κ3) is 7.56. The number of unbranched alkanes of at least 4 members (excludes halogenated alkanes) is 2. The molecule has 0 aromatic rings. The summed E-state index contributed by atoms with van der Waals surface area (Å²) in [6.45, 7) is 6.34. The quantitative estimate of drug-likeness (QED) is 0.411. The number of ether oxygens (including phenoxy) is 1. The first-order valence-electron chi connectivity index (χ1n) is 4.13. The molecular weight excluding hydrogens is 140 g/mol. The van der Waals surface area contributed by atoms with Crippen LogP contribution < -0.4 is 0 Å². The maximum atomic E-state index is 10.0. The molecule has 0 fully saturated rings. The summed E-state index contributed by atoms with van der Waals surface area (Å²) in [5, 5.41) is 10.0. The predicted molar refractivity (Wildman–Crippen MR) is 45.0 cm³/mol. The fourth-order valence-electron chi connectivity index (χ4n) is 0.718. The highest BCUT2D eigenvalue weighted by molar-refractivity contribution is 4.74. The van der Waals surface area contributed by atoms with Crippen LogP contribution >= 0.6 is 0 Å². The van der Waals surface area contributed by atoms with E-state index in [9.17, 15) is 5.11 Å². The minimum Gasteiger partial charge on any atom is -0.374 e. The minimum absolute atomic E-state index is 0.0387. The van der Waals surface area contributed by atoms with E-state index < -0.39 is 0 Å². The molecule has 0 saturated carbocycles. The third-order valence-electron chi connectivity index (χ3n) is 1.50. The summed E-state index contributed by atoms with van der Waals surface area (Å²) < 4.78 is 5.32. The van der Waals surface area contributed by atoms with Gasteiger partial charge in [0.1, 0.15) is 0 Å². The second kappa shape index (κ2) is 7.76. The summed E-state index contributed by atoms with van der Waals surface area (Å²) in [5.74, 6) is 0. The van der Waals surface area contributed by atoms with Crippen molar-refractivity contribution in [3.05, 3.63) is 12.7 Å². The van der Waals surface area contributed by atoms with Crippen molar-refractivity contribution in [1.82, 2.24) is 0 Å². The molecular formula is C9H17O2. The van der Waals surface area contributed by atoms with Crippen LogP contribution in [0.1, 0.15) is 26.2 Å². The van der Waals surface area contributed by atoms with Crippen molar-refractivity contribution >= 4 is 0 Å². The van der Waals surface area contributed by atoms with Gasteiger partial charge in [-0.2, -0.15) is 0 Å². The molecule has 0 aliphatic rings. The maximum absolute atomic E-state index is 10.0. The van der Waals surface area contributed by atoms with E-state index in [1.165, 1.54) is 0 Å². The van der Waals surface area contributed by atoms with Crippen molar-refractivity contribution in [2.75, 3.05) is 13.2 Å². The lowest BCUT2D eigenvalue weighted by molar-refractivity contribution is 0.0919. The van der Waals surface area contributed by atoms with Gasteiger partial charge >= 0.3 is 0 Å².